The normalized spacial score (nSPS) is 15.3. The first-order valence-corrected chi connectivity index (χ1v) is 7.53. The van der Waals surface area contributed by atoms with E-state index in [9.17, 15) is 8.42 Å². The Morgan fingerprint density at radius 2 is 1.94 bits per heavy atom. The molecule has 0 radical (unpaired) electrons. The smallest absolute Gasteiger partial charge is 0.241 e. The van der Waals surface area contributed by atoms with Gasteiger partial charge >= 0.3 is 0 Å². The van der Waals surface area contributed by atoms with Gasteiger partial charge in [-0.05, 0) is 38.3 Å². The highest BCUT2D eigenvalue weighted by Crippen LogP contribution is 2.20. The Morgan fingerprint density at radius 3 is 2.44 bits per heavy atom. The number of nitrogens with one attached hydrogen (secondary N) is 1. The number of aryl methyl sites for hydroxylation is 1. The van der Waals surface area contributed by atoms with E-state index in [1.165, 1.54) is 0 Å². The van der Waals surface area contributed by atoms with Crippen molar-refractivity contribution < 1.29 is 13.5 Å². The van der Waals surface area contributed by atoms with Gasteiger partial charge < -0.3 is 5.11 Å². The fraction of sp³-hybridized carbons (Fsp3) is 0.538. The Bertz CT molecular complexity index is 499. The maximum atomic E-state index is 12.3. The van der Waals surface area contributed by atoms with Crippen molar-refractivity contribution in [3.8, 4) is 0 Å². The molecule has 0 bridgehead atoms. The summed E-state index contributed by atoms with van der Waals surface area (Å²) in [6.07, 6.45) is 1.02. The standard InChI is InChI=1S/C13H21NO3S/c1-4-13(3,9-10-15)14-18(16,17)12-8-6-5-7-11(12)2/h5-8,14-15H,4,9-10H2,1-3H3. The molecular formula is C13H21NO3S. The number of sulfonamides is 1. The van der Waals surface area contributed by atoms with Gasteiger partial charge in [-0.3, -0.25) is 0 Å². The molecular weight excluding hydrogens is 250 g/mol. The summed E-state index contributed by atoms with van der Waals surface area (Å²) < 4.78 is 27.3. The molecule has 102 valence electrons. The molecule has 1 unspecified atom stereocenters. The van der Waals surface area contributed by atoms with Crippen molar-refractivity contribution in [2.75, 3.05) is 6.61 Å². The Balaban J connectivity index is 3.06. The largest absolute Gasteiger partial charge is 0.396 e. The average Bonchev–Trinajstić information content (AvgIpc) is 2.29. The molecule has 18 heavy (non-hydrogen) atoms. The van der Waals surface area contributed by atoms with Gasteiger partial charge in [0.2, 0.25) is 10.0 Å². The first-order valence-electron chi connectivity index (χ1n) is 6.05. The van der Waals surface area contributed by atoms with Crippen molar-refractivity contribution in [2.24, 2.45) is 0 Å². The average molecular weight is 271 g/mol. The number of hydrogen-bond acceptors (Lipinski definition) is 3. The molecule has 1 rings (SSSR count). The lowest BCUT2D eigenvalue weighted by Crippen LogP contribution is -2.46. The molecule has 0 aliphatic carbocycles. The van der Waals surface area contributed by atoms with Gasteiger partial charge in [-0.2, -0.15) is 0 Å². The molecule has 1 aromatic rings. The molecule has 0 aliphatic rings. The van der Waals surface area contributed by atoms with Crippen LogP contribution in [0.1, 0.15) is 32.3 Å². The number of benzene rings is 1. The van der Waals surface area contributed by atoms with Crippen molar-refractivity contribution in [2.45, 2.75) is 44.0 Å². The second-order valence-corrected chi connectivity index (χ2v) is 6.41. The van der Waals surface area contributed by atoms with Crippen LogP contribution < -0.4 is 4.72 Å². The van der Waals surface area contributed by atoms with Crippen molar-refractivity contribution in [3.63, 3.8) is 0 Å². The summed E-state index contributed by atoms with van der Waals surface area (Å²) in [6.45, 7) is 5.43. The van der Waals surface area contributed by atoms with Gasteiger partial charge in [-0.1, -0.05) is 25.1 Å². The molecule has 0 fully saturated rings. The van der Waals surface area contributed by atoms with Crippen LogP contribution in [0, 0.1) is 6.92 Å². The number of aliphatic hydroxyl groups is 1. The summed E-state index contributed by atoms with van der Waals surface area (Å²) in [5.41, 5.74) is 0.100. The van der Waals surface area contributed by atoms with Gasteiger partial charge in [-0.25, -0.2) is 13.1 Å². The van der Waals surface area contributed by atoms with E-state index in [1.54, 1.807) is 38.1 Å². The SMILES string of the molecule is CCC(C)(CCO)NS(=O)(=O)c1ccccc1C. The monoisotopic (exact) mass is 271 g/mol. The van der Waals surface area contributed by atoms with Crippen molar-refractivity contribution in [1.82, 2.24) is 4.72 Å². The van der Waals surface area contributed by atoms with Gasteiger partial charge in [0.15, 0.2) is 0 Å². The van der Waals surface area contributed by atoms with E-state index in [-0.39, 0.29) is 6.61 Å². The third-order valence-corrected chi connectivity index (χ3v) is 5.01. The predicted molar refractivity (Wildman–Crippen MR) is 71.9 cm³/mol. The van der Waals surface area contributed by atoms with Gasteiger partial charge in [0, 0.05) is 12.1 Å². The van der Waals surface area contributed by atoms with Crippen LogP contribution in [-0.4, -0.2) is 25.7 Å². The first kappa shape index (κ1) is 15.1. The number of rotatable bonds is 6. The minimum atomic E-state index is -3.54. The van der Waals surface area contributed by atoms with Crippen LogP contribution in [0.5, 0.6) is 0 Å². The highest BCUT2D eigenvalue weighted by molar-refractivity contribution is 7.89. The minimum Gasteiger partial charge on any atom is -0.396 e. The van der Waals surface area contributed by atoms with Crippen LogP contribution >= 0.6 is 0 Å². The molecule has 0 saturated heterocycles. The second-order valence-electron chi connectivity index (χ2n) is 4.76. The summed E-state index contributed by atoms with van der Waals surface area (Å²) in [5.74, 6) is 0. The molecule has 0 heterocycles. The van der Waals surface area contributed by atoms with E-state index >= 15 is 0 Å². The Labute approximate surface area is 109 Å². The zero-order valence-corrected chi connectivity index (χ0v) is 11.9. The highest BCUT2D eigenvalue weighted by atomic mass is 32.2. The van der Waals surface area contributed by atoms with Gasteiger partial charge in [0.05, 0.1) is 4.90 Å². The minimum absolute atomic E-state index is 0.0410. The Kier molecular flexibility index (Phi) is 4.90. The summed E-state index contributed by atoms with van der Waals surface area (Å²) >= 11 is 0. The van der Waals surface area contributed by atoms with E-state index in [2.05, 4.69) is 4.72 Å². The molecule has 1 atom stereocenters. The molecule has 5 heteroatoms. The molecule has 0 saturated carbocycles. The molecule has 1 aromatic carbocycles. The lowest BCUT2D eigenvalue weighted by Gasteiger charge is -2.28. The lowest BCUT2D eigenvalue weighted by molar-refractivity contribution is 0.233. The topological polar surface area (TPSA) is 66.4 Å². The summed E-state index contributed by atoms with van der Waals surface area (Å²) in [5, 5.41) is 9.02. The molecule has 4 nitrogen and oxygen atoms in total. The number of hydrogen-bond donors (Lipinski definition) is 2. The zero-order chi connectivity index (χ0) is 13.8. The van der Waals surface area contributed by atoms with Crippen molar-refractivity contribution >= 4 is 10.0 Å². The third kappa shape index (κ3) is 3.54. The molecule has 2 N–H and O–H groups in total. The van der Waals surface area contributed by atoms with E-state index < -0.39 is 15.6 Å². The van der Waals surface area contributed by atoms with Crippen molar-refractivity contribution in [1.29, 1.82) is 0 Å². The maximum Gasteiger partial charge on any atom is 0.241 e. The number of aliphatic hydroxyl groups excluding tert-OH is 1. The fourth-order valence-electron chi connectivity index (χ4n) is 1.78. The van der Waals surface area contributed by atoms with E-state index in [0.29, 0.717) is 23.3 Å². The van der Waals surface area contributed by atoms with Gasteiger partial charge in [-0.15, -0.1) is 0 Å². The first-order chi connectivity index (χ1) is 8.34. The second kappa shape index (κ2) is 5.82. The van der Waals surface area contributed by atoms with Crippen LogP contribution in [0.25, 0.3) is 0 Å². The quantitative estimate of drug-likeness (QED) is 0.829. The van der Waals surface area contributed by atoms with E-state index in [0.717, 1.165) is 0 Å². The lowest BCUT2D eigenvalue weighted by atomic mass is 9.97. The molecule has 0 amide bonds. The third-order valence-electron chi connectivity index (χ3n) is 3.21. The predicted octanol–water partition coefficient (Wildman–Crippen LogP) is 1.82. The van der Waals surface area contributed by atoms with Crippen LogP contribution in [0.2, 0.25) is 0 Å². The van der Waals surface area contributed by atoms with Gasteiger partial charge in [0.1, 0.15) is 0 Å². The summed E-state index contributed by atoms with van der Waals surface area (Å²) in [7, 11) is -3.54. The van der Waals surface area contributed by atoms with Crippen LogP contribution in [0.4, 0.5) is 0 Å². The summed E-state index contributed by atoms with van der Waals surface area (Å²) in [4.78, 5) is 0.294. The highest BCUT2D eigenvalue weighted by Gasteiger charge is 2.29. The summed E-state index contributed by atoms with van der Waals surface area (Å²) in [6, 6.07) is 6.87. The van der Waals surface area contributed by atoms with E-state index in [4.69, 9.17) is 5.11 Å². The molecule has 0 aromatic heterocycles. The molecule has 0 spiro atoms. The van der Waals surface area contributed by atoms with E-state index in [1.807, 2.05) is 6.92 Å². The fourth-order valence-corrected chi connectivity index (χ4v) is 3.54. The van der Waals surface area contributed by atoms with Crippen LogP contribution in [0.3, 0.4) is 0 Å². The van der Waals surface area contributed by atoms with Crippen LogP contribution in [0.15, 0.2) is 29.2 Å². The molecule has 0 aliphatic heterocycles. The zero-order valence-electron chi connectivity index (χ0n) is 11.1. The Hall–Kier alpha value is -0.910. The van der Waals surface area contributed by atoms with Crippen LogP contribution in [-0.2, 0) is 10.0 Å². The Morgan fingerprint density at radius 1 is 1.33 bits per heavy atom. The maximum absolute atomic E-state index is 12.3. The van der Waals surface area contributed by atoms with Gasteiger partial charge in [0.25, 0.3) is 0 Å². The van der Waals surface area contributed by atoms with Crippen molar-refractivity contribution in [3.05, 3.63) is 29.8 Å².